The second kappa shape index (κ2) is 9.98. The second-order valence-electron chi connectivity index (χ2n) is 7.16. The first-order chi connectivity index (χ1) is 10.4. The minimum atomic E-state index is 0.141. The van der Waals surface area contributed by atoms with E-state index < -0.39 is 0 Å². The van der Waals surface area contributed by atoms with Crippen LogP contribution in [0.4, 0.5) is 0 Å². The largest absolute Gasteiger partial charge is 0.343 e. The third-order valence-corrected chi connectivity index (χ3v) is 4.37. The molecule has 1 saturated heterocycles. The maximum Gasteiger partial charge on any atom is 0.222 e. The van der Waals surface area contributed by atoms with E-state index in [9.17, 15) is 9.59 Å². The van der Waals surface area contributed by atoms with Gasteiger partial charge in [-0.3, -0.25) is 9.59 Å². The summed E-state index contributed by atoms with van der Waals surface area (Å²) in [4.78, 5) is 25.7. The summed E-state index contributed by atoms with van der Waals surface area (Å²) in [5, 5.41) is 3.55. The normalized spacial score (nSPS) is 16.5. The highest BCUT2D eigenvalue weighted by Gasteiger charge is 2.22. The summed E-state index contributed by atoms with van der Waals surface area (Å²) in [5.41, 5.74) is 0. The SMILES string of the molecule is CC(C)NC1CCN(C(=O)CCCCCC(=O)C(C)C)CC1. The lowest BCUT2D eigenvalue weighted by molar-refractivity contribution is -0.132. The number of piperidine rings is 1. The molecule has 1 heterocycles. The Kier molecular flexibility index (Phi) is 8.69. The zero-order chi connectivity index (χ0) is 16.5. The number of rotatable bonds is 9. The fourth-order valence-corrected chi connectivity index (χ4v) is 2.97. The molecule has 0 bridgehead atoms. The van der Waals surface area contributed by atoms with Crippen LogP contribution in [0.2, 0.25) is 0 Å². The molecular weight excluding hydrogens is 276 g/mol. The molecule has 1 aliphatic rings. The van der Waals surface area contributed by atoms with Gasteiger partial charge in [0.2, 0.25) is 5.91 Å². The molecule has 22 heavy (non-hydrogen) atoms. The Bertz CT molecular complexity index is 345. The van der Waals surface area contributed by atoms with Gasteiger partial charge in [-0.15, -0.1) is 0 Å². The molecule has 0 unspecified atom stereocenters. The molecule has 0 radical (unpaired) electrons. The van der Waals surface area contributed by atoms with Crippen LogP contribution in [0.1, 0.15) is 72.6 Å². The topological polar surface area (TPSA) is 49.4 Å². The first-order valence-corrected chi connectivity index (χ1v) is 8.96. The van der Waals surface area contributed by atoms with Gasteiger partial charge in [0.05, 0.1) is 0 Å². The zero-order valence-electron chi connectivity index (χ0n) is 14.9. The van der Waals surface area contributed by atoms with Gasteiger partial charge in [-0.05, 0) is 25.7 Å². The average molecular weight is 310 g/mol. The molecule has 0 saturated carbocycles. The van der Waals surface area contributed by atoms with Crippen LogP contribution in [-0.2, 0) is 9.59 Å². The summed E-state index contributed by atoms with van der Waals surface area (Å²) in [6.45, 7) is 10.0. The number of nitrogens with one attached hydrogen (secondary N) is 1. The van der Waals surface area contributed by atoms with Crippen LogP contribution in [0.25, 0.3) is 0 Å². The van der Waals surface area contributed by atoms with E-state index in [1.807, 2.05) is 18.7 Å². The molecule has 0 aliphatic carbocycles. The molecule has 1 N–H and O–H groups in total. The Balaban J connectivity index is 2.10. The summed E-state index contributed by atoms with van der Waals surface area (Å²) in [6.07, 6.45) is 6.24. The number of unbranched alkanes of at least 4 members (excludes halogenated alkanes) is 2. The Morgan fingerprint density at radius 3 is 2.14 bits per heavy atom. The quantitative estimate of drug-likeness (QED) is 0.666. The summed E-state index contributed by atoms with van der Waals surface area (Å²) >= 11 is 0. The summed E-state index contributed by atoms with van der Waals surface area (Å²) in [5.74, 6) is 0.770. The molecular formula is C18H34N2O2. The molecule has 0 spiro atoms. The zero-order valence-corrected chi connectivity index (χ0v) is 14.9. The van der Waals surface area contributed by atoms with Crippen molar-refractivity contribution in [2.75, 3.05) is 13.1 Å². The Hall–Kier alpha value is -0.900. The first kappa shape index (κ1) is 19.1. The molecule has 0 atom stereocenters. The molecule has 1 fully saturated rings. The molecule has 1 amide bonds. The van der Waals surface area contributed by atoms with Crippen molar-refractivity contribution in [2.45, 2.75) is 84.7 Å². The number of carbonyl (C=O) groups excluding carboxylic acids is 2. The standard InChI is InChI=1S/C18H34N2O2/c1-14(2)17(21)8-6-5-7-9-18(22)20-12-10-16(11-13-20)19-15(3)4/h14-16,19H,5-13H2,1-4H3. The monoisotopic (exact) mass is 310 g/mol. The van der Waals surface area contributed by atoms with Crippen molar-refractivity contribution in [3.05, 3.63) is 0 Å². The summed E-state index contributed by atoms with van der Waals surface area (Å²) in [7, 11) is 0. The van der Waals surface area contributed by atoms with E-state index in [0.717, 1.165) is 45.2 Å². The van der Waals surface area contributed by atoms with Crippen molar-refractivity contribution in [1.82, 2.24) is 10.2 Å². The van der Waals surface area contributed by atoms with Gasteiger partial charge in [-0.1, -0.05) is 34.1 Å². The van der Waals surface area contributed by atoms with E-state index in [2.05, 4.69) is 19.2 Å². The maximum absolute atomic E-state index is 12.2. The lowest BCUT2D eigenvalue weighted by atomic mass is 10.0. The van der Waals surface area contributed by atoms with Crippen molar-refractivity contribution in [2.24, 2.45) is 5.92 Å². The van der Waals surface area contributed by atoms with Crippen LogP contribution in [0.15, 0.2) is 0 Å². The fourth-order valence-electron chi connectivity index (χ4n) is 2.97. The van der Waals surface area contributed by atoms with Crippen LogP contribution in [-0.4, -0.2) is 41.8 Å². The third kappa shape index (κ3) is 7.39. The average Bonchev–Trinajstić information content (AvgIpc) is 2.46. The highest BCUT2D eigenvalue weighted by Crippen LogP contribution is 2.14. The summed E-state index contributed by atoms with van der Waals surface area (Å²) < 4.78 is 0. The highest BCUT2D eigenvalue weighted by molar-refractivity contribution is 5.80. The van der Waals surface area contributed by atoms with E-state index in [0.29, 0.717) is 30.7 Å². The lowest BCUT2D eigenvalue weighted by Gasteiger charge is -2.33. The molecule has 0 aromatic heterocycles. The van der Waals surface area contributed by atoms with Gasteiger partial charge < -0.3 is 10.2 Å². The van der Waals surface area contributed by atoms with Gasteiger partial charge in [-0.2, -0.15) is 0 Å². The van der Waals surface area contributed by atoms with E-state index in [1.54, 1.807) is 0 Å². The van der Waals surface area contributed by atoms with Crippen LogP contribution < -0.4 is 5.32 Å². The number of carbonyl (C=O) groups is 2. The highest BCUT2D eigenvalue weighted by atomic mass is 16.2. The van der Waals surface area contributed by atoms with Gasteiger partial charge in [-0.25, -0.2) is 0 Å². The molecule has 4 nitrogen and oxygen atoms in total. The number of amides is 1. The van der Waals surface area contributed by atoms with Gasteiger partial charge in [0.1, 0.15) is 5.78 Å². The van der Waals surface area contributed by atoms with E-state index in [-0.39, 0.29) is 11.8 Å². The van der Waals surface area contributed by atoms with Gasteiger partial charge in [0.15, 0.2) is 0 Å². The molecule has 0 aromatic rings. The van der Waals surface area contributed by atoms with Crippen molar-refractivity contribution in [3.8, 4) is 0 Å². The molecule has 1 aliphatic heterocycles. The van der Waals surface area contributed by atoms with Gasteiger partial charge >= 0.3 is 0 Å². The first-order valence-electron chi connectivity index (χ1n) is 8.96. The molecule has 0 aromatic carbocycles. The second-order valence-corrected chi connectivity index (χ2v) is 7.16. The number of ketones is 1. The minimum absolute atomic E-state index is 0.141. The Morgan fingerprint density at radius 1 is 1.00 bits per heavy atom. The van der Waals surface area contributed by atoms with Crippen molar-refractivity contribution >= 4 is 11.7 Å². The third-order valence-electron chi connectivity index (χ3n) is 4.37. The molecule has 4 heteroatoms. The van der Waals surface area contributed by atoms with Crippen LogP contribution in [0.3, 0.4) is 0 Å². The van der Waals surface area contributed by atoms with Crippen LogP contribution in [0, 0.1) is 5.92 Å². The Morgan fingerprint density at radius 2 is 1.59 bits per heavy atom. The predicted octanol–water partition coefficient (Wildman–Crippen LogP) is 3.15. The van der Waals surface area contributed by atoms with Crippen molar-refractivity contribution < 1.29 is 9.59 Å². The lowest BCUT2D eigenvalue weighted by Crippen LogP contribution is -2.46. The molecule has 128 valence electrons. The number of Topliss-reactive ketones (excluding diaryl/α,β-unsaturated/α-hetero) is 1. The minimum Gasteiger partial charge on any atom is -0.343 e. The van der Waals surface area contributed by atoms with Crippen LogP contribution >= 0.6 is 0 Å². The predicted molar refractivity (Wildman–Crippen MR) is 90.8 cm³/mol. The summed E-state index contributed by atoms with van der Waals surface area (Å²) in [6, 6.07) is 1.08. The van der Waals surface area contributed by atoms with Gasteiger partial charge in [0.25, 0.3) is 0 Å². The van der Waals surface area contributed by atoms with Gasteiger partial charge in [0, 0.05) is 43.9 Å². The van der Waals surface area contributed by atoms with Crippen molar-refractivity contribution in [1.29, 1.82) is 0 Å². The fraction of sp³-hybridized carbons (Fsp3) is 0.889. The van der Waals surface area contributed by atoms with E-state index in [4.69, 9.17) is 0 Å². The molecule has 1 rings (SSSR count). The number of nitrogens with zero attached hydrogens (tertiary/aromatic N) is 1. The van der Waals surface area contributed by atoms with Crippen LogP contribution in [0.5, 0.6) is 0 Å². The van der Waals surface area contributed by atoms with E-state index >= 15 is 0 Å². The van der Waals surface area contributed by atoms with Crippen molar-refractivity contribution in [3.63, 3.8) is 0 Å². The Labute approximate surface area is 136 Å². The number of likely N-dealkylation sites (tertiary alicyclic amines) is 1. The maximum atomic E-state index is 12.2. The number of hydrogen-bond donors (Lipinski definition) is 1. The van der Waals surface area contributed by atoms with E-state index in [1.165, 1.54) is 0 Å². The number of hydrogen-bond acceptors (Lipinski definition) is 3. The smallest absolute Gasteiger partial charge is 0.222 e.